The summed E-state index contributed by atoms with van der Waals surface area (Å²) >= 11 is 0. The van der Waals surface area contributed by atoms with Crippen molar-refractivity contribution in [3.63, 3.8) is 0 Å². The van der Waals surface area contributed by atoms with Crippen molar-refractivity contribution in [3.8, 4) is 5.75 Å². The Bertz CT molecular complexity index is 1320. The quantitative estimate of drug-likeness (QED) is 0.464. The number of anilines is 1. The summed E-state index contributed by atoms with van der Waals surface area (Å²) in [5, 5.41) is 3.31. The second-order valence-corrected chi connectivity index (χ2v) is 7.27. The van der Waals surface area contributed by atoms with Crippen molar-refractivity contribution in [1.29, 1.82) is 0 Å². The van der Waals surface area contributed by atoms with Gasteiger partial charge in [-0.05, 0) is 49.2 Å². The van der Waals surface area contributed by atoms with Crippen LogP contribution in [0.4, 0.5) is 5.69 Å². The number of nitrogens with one attached hydrogen (secondary N) is 1. The molecule has 8 heteroatoms. The smallest absolute Gasteiger partial charge is 0.272 e. The second kappa shape index (κ2) is 8.61. The number of carbonyl (C=O) groups is 1. The summed E-state index contributed by atoms with van der Waals surface area (Å²) in [7, 11) is 3.18. The maximum Gasteiger partial charge on any atom is 0.272 e. The molecule has 0 saturated carbocycles. The van der Waals surface area contributed by atoms with Crippen molar-refractivity contribution in [2.75, 3.05) is 26.1 Å². The highest BCUT2D eigenvalue weighted by atomic mass is 16.5. The van der Waals surface area contributed by atoms with Crippen LogP contribution in [0.25, 0.3) is 16.7 Å². The van der Waals surface area contributed by atoms with Crippen molar-refractivity contribution in [2.45, 2.75) is 19.9 Å². The molecule has 0 unspecified atom stereocenters. The van der Waals surface area contributed by atoms with Gasteiger partial charge in [-0.15, -0.1) is 0 Å². The summed E-state index contributed by atoms with van der Waals surface area (Å²) in [6.45, 7) is 2.95. The molecule has 1 N–H and O–H groups in total. The standard InChI is InChI=1S/C23H24N4O4/c1-15-8-9-19(31-3)17(13-15)24-22(28)18-14-16-21(26(18)11-6-12-30-2)25-20-7-4-5-10-27(20)23(16)29/h4-5,7-10,13-14H,6,11-12H2,1-3H3,(H,24,28). The second-order valence-electron chi connectivity index (χ2n) is 7.27. The van der Waals surface area contributed by atoms with E-state index < -0.39 is 0 Å². The average Bonchev–Trinajstić information content (AvgIpc) is 3.13. The summed E-state index contributed by atoms with van der Waals surface area (Å²) in [6.07, 6.45) is 2.34. The van der Waals surface area contributed by atoms with E-state index >= 15 is 0 Å². The van der Waals surface area contributed by atoms with Crippen LogP contribution in [0.1, 0.15) is 22.5 Å². The highest BCUT2D eigenvalue weighted by molar-refractivity contribution is 6.06. The van der Waals surface area contributed by atoms with Gasteiger partial charge in [0.15, 0.2) is 0 Å². The molecular formula is C23H24N4O4. The van der Waals surface area contributed by atoms with E-state index in [0.29, 0.717) is 53.4 Å². The predicted molar refractivity (Wildman–Crippen MR) is 119 cm³/mol. The number of amides is 1. The first-order chi connectivity index (χ1) is 15.0. The number of aromatic nitrogens is 3. The van der Waals surface area contributed by atoms with Gasteiger partial charge in [0, 0.05) is 26.5 Å². The molecule has 0 atom stereocenters. The summed E-state index contributed by atoms with van der Waals surface area (Å²) in [4.78, 5) is 31.0. The minimum Gasteiger partial charge on any atom is -0.495 e. The first-order valence-corrected chi connectivity index (χ1v) is 9.99. The molecule has 1 amide bonds. The van der Waals surface area contributed by atoms with E-state index in [1.807, 2.05) is 25.1 Å². The monoisotopic (exact) mass is 420 g/mol. The van der Waals surface area contributed by atoms with Crippen LogP contribution in [0.3, 0.4) is 0 Å². The molecule has 0 aliphatic carbocycles. The van der Waals surface area contributed by atoms with Gasteiger partial charge >= 0.3 is 0 Å². The van der Waals surface area contributed by atoms with E-state index in [4.69, 9.17) is 9.47 Å². The number of nitrogens with zero attached hydrogens (tertiary/aromatic N) is 3. The molecule has 4 aromatic rings. The van der Waals surface area contributed by atoms with Crippen LogP contribution >= 0.6 is 0 Å². The Kier molecular flexibility index (Phi) is 5.73. The lowest BCUT2D eigenvalue weighted by atomic mass is 10.2. The lowest BCUT2D eigenvalue weighted by molar-refractivity contribution is 0.101. The number of methoxy groups -OCH3 is 2. The summed E-state index contributed by atoms with van der Waals surface area (Å²) in [5.41, 5.74) is 2.70. The maximum atomic E-state index is 13.3. The molecule has 0 bridgehead atoms. The molecule has 0 aliphatic rings. The number of ether oxygens (including phenoxy) is 2. The Morgan fingerprint density at radius 3 is 2.77 bits per heavy atom. The number of carbonyl (C=O) groups excluding carboxylic acids is 1. The van der Waals surface area contributed by atoms with E-state index in [1.54, 1.807) is 49.2 Å². The van der Waals surface area contributed by atoms with Gasteiger partial charge in [0.25, 0.3) is 11.5 Å². The van der Waals surface area contributed by atoms with Crippen molar-refractivity contribution < 1.29 is 14.3 Å². The molecule has 0 aliphatic heterocycles. The minimum absolute atomic E-state index is 0.215. The summed E-state index contributed by atoms with van der Waals surface area (Å²) < 4.78 is 13.8. The fourth-order valence-electron chi connectivity index (χ4n) is 3.64. The molecule has 8 nitrogen and oxygen atoms in total. The number of fused-ring (bicyclic) bond motifs is 2. The topological polar surface area (TPSA) is 86.9 Å². The highest BCUT2D eigenvalue weighted by Crippen LogP contribution is 2.26. The summed E-state index contributed by atoms with van der Waals surface area (Å²) in [6, 6.07) is 12.5. The Hall–Kier alpha value is -3.65. The van der Waals surface area contributed by atoms with Crippen LogP contribution in [-0.4, -0.2) is 40.7 Å². The van der Waals surface area contributed by atoms with Gasteiger partial charge in [-0.25, -0.2) is 4.98 Å². The molecule has 0 saturated heterocycles. The van der Waals surface area contributed by atoms with Gasteiger partial charge in [-0.1, -0.05) is 12.1 Å². The molecule has 3 aromatic heterocycles. The van der Waals surface area contributed by atoms with Gasteiger partial charge in [-0.2, -0.15) is 0 Å². The molecule has 160 valence electrons. The van der Waals surface area contributed by atoms with E-state index in [9.17, 15) is 9.59 Å². The molecule has 0 radical (unpaired) electrons. The number of rotatable bonds is 7. The Balaban J connectivity index is 1.84. The lowest BCUT2D eigenvalue weighted by Crippen LogP contribution is -2.18. The van der Waals surface area contributed by atoms with Gasteiger partial charge in [0.2, 0.25) is 0 Å². The van der Waals surface area contributed by atoms with E-state index in [0.717, 1.165) is 5.56 Å². The maximum absolute atomic E-state index is 13.3. The van der Waals surface area contributed by atoms with Crippen molar-refractivity contribution >= 4 is 28.3 Å². The average molecular weight is 420 g/mol. The molecule has 4 rings (SSSR count). The van der Waals surface area contributed by atoms with E-state index in [-0.39, 0.29) is 11.5 Å². The number of pyridine rings is 1. The zero-order valence-corrected chi connectivity index (χ0v) is 17.7. The van der Waals surface area contributed by atoms with Crippen LogP contribution in [0.15, 0.2) is 53.5 Å². The molecule has 0 fully saturated rings. The summed E-state index contributed by atoms with van der Waals surface area (Å²) in [5.74, 6) is 0.220. The lowest BCUT2D eigenvalue weighted by Gasteiger charge is -2.13. The Morgan fingerprint density at radius 1 is 1.16 bits per heavy atom. The fourth-order valence-corrected chi connectivity index (χ4v) is 3.64. The first-order valence-electron chi connectivity index (χ1n) is 9.99. The van der Waals surface area contributed by atoms with Crippen LogP contribution in [-0.2, 0) is 11.3 Å². The fraction of sp³-hybridized carbons (Fsp3) is 0.261. The molecule has 3 heterocycles. The number of hydrogen-bond acceptors (Lipinski definition) is 5. The first kappa shape index (κ1) is 20.6. The van der Waals surface area contributed by atoms with Crippen LogP contribution < -0.4 is 15.6 Å². The molecule has 1 aromatic carbocycles. The normalized spacial score (nSPS) is 11.2. The van der Waals surface area contributed by atoms with Crippen molar-refractivity contribution in [1.82, 2.24) is 14.0 Å². The van der Waals surface area contributed by atoms with Crippen molar-refractivity contribution in [2.24, 2.45) is 0 Å². The Labute approximate surface area is 179 Å². The largest absolute Gasteiger partial charge is 0.495 e. The number of hydrogen-bond donors (Lipinski definition) is 1. The molecule has 31 heavy (non-hydrogen) atoms. The van der Waals surface area contributed by atoms with Crippen LogP contribution in [0, 0.1) is 6.92 Å². The SMILES string of the molecule is COCCCn1c(C(=O)Nc2cc(C)ccc2OC)cc2c(=O)n3ccccc3nc21. The van der Waals surface area contributed by atoms with Crippen LogP contribution in [0.2, 0.25) is 0 Å². The predicted octanol–water partition coefficient (Wildman–Crippen LogP) is 3.26. The zero-order valence-electron chi connectivity index (χ0n) is 17.7. The Morgan fingerprint density at radius 2 is 2.00 bits per heavy atom. The van der Waals surface area contributed by atoms with E-state index in [1.165, 1.54) is 4.40 Å². The number of benzene rings is 1. The molecular weight excluding hydrogens is 396 g/mol. The number of aryl methyl sites for hydroxylation is 2. The zero-order chi connectivity index (χ0) is 22.0. The van der Waals surface area contributed by atoms with Gasteiger partial charge in [-0.3, -0.25) is 14.0 Å². The van der Waals surface area contributed by atoms with Crippen molar-refractivity contribution in [3.05, 3.63) is 70.3 Å². The van der Waals surface area contributed by atoms with Gasteiger partial charge in [0.1, 0.15) is 22.7 Å². The minimum atomic E-state index is -0.340. The van der Waals surface area contributed by atoms with Gasteiger partial charge < -0.3 is 19.4 Å². The molecule has 0 spiro atoms. The van der Waals surface area contributed by atoms with Gasteiger partial charge in [0.05, 0.1) is 18.2 Å². The van der Waals surface area contributed by atoms with Crippen LogP contribution in [0.5, 0.6) is 5.75 Å². The van der Waals surface area contributed by atoms with E-state index in [2.05, 4.69) is 10.3 Å². The third-order valence-electron chi connectivity index (χ3n) is 5.14. The third-order valence-corrected chi connectivity index (χ3v) is 5.14. The third kappa shape index (κ3) is 3.89. The highest BCUT2D eigenvalue weighted by Gasteiger charge is 2.20.